The molecule has 2 amide bonds. The van der Waals surface area contributed by atoms with E-state index in [1.165, 1.54) is 10.5 Å². The van der Waals surface area contributed by atoms with Gasteiger partial charge in [0.15, 0.2) is 0 Å². The van der Waals surface area contributed by atoms with Gasteiger partial charge in [-0.05, 0) is 65.5 Å². The van der Waals surface area contributed by atoms with Crippen molar-refractivity contribution in [2.24, 2.45) is 0 Å². The number of carbonyl (C=O) groups is 2. The molecule has 2 aromatic rings. The van der Waals surface area contributed by atoms with E-state index < -0.39 is 6.04 Å². The molecule has 2 rings (SSSR count). The summed E-state index contributed by atoms with van der Waals surface area (Å²) in [4.78, 5) is 26.3. The van der Waals surface area contributed by atoms with Crippen LogP contribution in [0.3, 0.4) is 0 Å². The number of rotatable bonds is 10. The van der Waals surface area contributed by atoms with Gasteiger partial charge in [-0.15, -0.1) is 11.8 Å². The smallest absolute Gasteiger partial charge is 0.253 e. The Kier molecular flexibility index (Phi) is 9.95. The molecule has 1 atom stereocenters. The lowest BCUT2D eigenvalue weighted by atomic mass is 10.1. The Hall–Kier alpha value is -1.44. The summed E-state index contributed by atoms with van der Waals surface area (Å²) in [5.41, 5.74) is 1.76. The van der Waals surface area contributed by atoms with Crippen molar-refractivity contribution in [2.75, 3.05) is 24.3 Å². The zero-order chi connectivity index (χ0) is 20.4. The number of nitrogens with one attached hydrogen (secondary N) is 2. The van der Waals surface area contributed by atoms with Crippen LogP contribution in [-0.2, 0) is 4.79 Å². The van der Waals surface area contributed by atoms with E-state index in [9.17, 15) is 9.59 Å². The van der Waals surface area contributed by atoms with Gasteiger partial charge in [-0.2, -0.15) is 11.8 Å². The molecule has 150 valence electrons. The average Bonchev–Trinajstić information content (AvgIpc) is 2.69. The highest BCUT2D eigenvalue weighted by Gasteiger charge is 2.21. The lowest BCUT2D eigenvalue weighted by Crippen LogP contribution is -2.47. The number of benzene rings is 2. The predicted octanol–water partition coefficient (Wildman–Crippen LogP) is 4.52. The van der Waals surface area contributed by atoms with Crippen LogP contribution in [0.15, 0.2) is 57.9 Å². The summed E-state index contributed by atoms with van der Waals surface area (Å²) in [6.45, 7) is 2.61. The first-order valence-corrected chi connectivity index (χ1v) is 12.2. The zero-order valence-electron chi connectivity index (χ0n) is 16.0. The van der Waals surface area contributed by atoms with E-state index in [0.29, 0.717) is 23.0 Å². The number of carbonyl (C=O) groups excluding carboxylic acids is 2. The third-order valence-electron chi connectivity index (χ3n) is 4.04. The van der Waals surface area contributed by atoms with E-state index in [1.54, 1.807) is 35.7 Å². The van der Waals surface area contributed by atoms with Crippen LogP contribution in [0.5, 0.6) is 0 Å². The Balaban J connectivity index is 1.86. The highest BCUT2D eigenvalue weighted by atomic mass is 79.9. The maximum absolute atomic E-state index is 12.6. The quantitative estimate of drug-likeness (QED) is 0.387. The second-order valence-electron chi connectivity index (χ2n) is 6.24. The Labute approximate surface area is 183 Å². The summed E-state index contributed by atoms with van der Waals surface area (Å²) < 4.78 is 0.714. The summed E-state index contributed by atoms with van der Waals surface area (Å²) in [5, 5.41) is 5.82. The van der Waals surface area contributed by atoms with Crippen LogP contribution in [0.2, 0.25) is 0 Å². The SMILES string of the molecule is CSCCC(NC(=O)c1ccccc1Br)C(=O)NCCSc1ccc(C)cc1. The highest BCUT2D eigenvalue weighted by molar-refractivity contribution is 9.10. The number of hydrogen-bond donors (Lipinski definition) is 2. The summed E-state index contributed by atoms with van der Waals surface area (Å²) in [6, 6.07) is 15.0. The number of halogens is 1. The fraction of sp³-hybridized carbons (Fsp3) is 0.333. The van der Waals surface area contributed by atoms with Crippen molar-refractivity contribution in [1.29, 1.82) is 0 Å². The maximum Gasteiger partial charge on any atom is 0.253 e. The number of amides is 2. The summed E-state index contributed by atoms with van der Waals surface area (Å²) >= 11 is 6.74. The Morgan fingerprint density at radius 2 is 1.79 bits per heavy atom. The van der Waals surface area contributed by atoms with E-state index in [-0.39, 0.29) is 11.8 Å². The Bertz CT molecular complexity index is 784. The number of hydrogen-bond acceptors (Lipinski definition) is 4. The molecule has 0 aliphatic carbocycles. The summed E-state index contributed by atoms with van der Waals surface area (Å²) in [6.07, 6.45) is 2.58. The molecule has 0 fully saturated rings. The average molecular weight is 481 g/mol. The van der Waals surface area contributed by atoms with Crippen LogP contribution >= 0.6 is 39.5 Å². The van der Waals surface area contributed by atoms with Gasteiger partial charge in [0.05, 0.1) is 5.56 Å². The molecular weight excluding hydrogens is 456 g/mol. The molecule has 0 spiro atoms. The van der Waals surface area contributed by atoms with Crippen molar-refractivity contribution in [3.63, 3.8) is 0 Å². The lowest BCUT2D eigenvalue weighted by molar-refractivity contribution is -0.122. The van der Waals surface area contributed by atoms with Gasteiger partial charge in [-0.25, -0.2) is 0 Å². The van der Waals surface area contributed by atoms with Crippen LogP contribution in [0.25, 0.3) is 0 Å². The molecule has 0 radical (unpaired) electrons. The van der Waals surface area contributed by atoms with Gasteiger partial charge >= 0.3 is 0 Å². The lowest BCUT2D eigenvalue weighted by Gasteiger charge is -2.18. The molecule has 0 saturated carbocycles. The molecule has 0 saturated heterocycles. The second kappa shape index (κ2) is 12.2. The van der Waals surface area contributed by atoms with Crippen LogP contribution in [-0.4, -0.2) is 42.2 Å². The maximum atomic E-state index is 12.6. The predicted molar refractivity (Wildman–Crippen MR) is 123 cm³/mol. The first kappa shape index (κ1) is 22.8. The summed E-state index contributed by atoms with van der Waals surface area (Å²) in [5.74, 6) is 1.19. The molecule has 0 aromatic heterocycles. The minimum atomic E-state index is -0.545. The van der Waals surface area contributed by atoms with Crippen molar-refractivity contribution >= 4 is 51.3 Å². The van der Waals surface area contributed by atoms with Gasteiger partial charge < -0.3 is 10.6 Å². The molecule has 28 heavy (non-hydrogen) atoms. The third kappa shape index (κ3) is 7.53. The molecule has 1 unspecified atom stereocenters. The second-order valence-corrected chi connectivity index (χ2v) is 9.25. The number of aryl methyl sites for hydroxylation is 1. The van der Waals surface area contributed by atoms with Gasteiger partial charge in [-0.1, -0.05) is 29.8 Å². The standard InChI is InChI=1S/C21H25BrN2O2S2/c1-15-7-9-16(10-8-15)28-14-12-23-21(26)19(11-13-27-2)24-20(25)17-5-3-4-6-18(17)22/h3-10,19H,11-14H2,1-2H3,(H,23,26)(H,24,25). The molecule has 0 bridgehead atoms. The largest absolute Gasteiger partial charge is 0.353 e. The number of thioether (sulfide) groups is 2. The molecular formula is C21H25BrN2O2S2. The summed E-state index contributed by atoms with van der Waals surface area (Å²) in [7, 11) is 0. The van der Waals surface area contributed by atoms with Gasteiger partial charge in [0, 0.05) is 21.7 Å². The van der Waals surface area contributed by atoms with E-state index >= 15 is 0 Å². The molecule has 0 aliphatic rings. The van der Waals surface area contributed by atoms with E-state index in [1.807, 2.05) is 18.4 Å². The van der Waals surface area contributed by atoms with E-state index in [0.717, 1.165) is 11.5 Å². The Morgan fingerprint density at radius 1 is 1.07 bits per heavy atom. The Morgan fingerprint density at radius 3 is 2.46 bits per heavy atom. The van der Waals surface area contributed by atoms with Gasteiger partial charge in [0.1, 0.15) is 6.04 Å². The van der Waals surface area contributed by atoms with Gasteiger partial charge in [-0.3, -0.25) is 9.59 Å². The van der Waals surface area contributed by atoms with E-state index in [4.69, 9.17) is 0 Å². The third-order valence-corrected chi connectivity index (χ3v) is 6.39. The first-order chi connectivity index (χ1) is 13.5. The zero-order valence-corrected chi connectivity index (χ0v) is 19.3. The normalized spacial score (nSPS) is 11.7. The molecule has 0 heterocycles. The fourth-order valence-corrected chi connectivity index (χ4v) is 4.19. The van der Waals surface area contributed by atoms with Crippen molar-refractivity contribution in [1.82, 2.24) is 10.6 Å². The van der Waals surface area contributed by atoms with Gasteiger partial charge in [0.25, 0.3) is 5.91 Å². The molecule has 2 N–H and O–H groups in total. The topological polar surface area (TPSA) is 58.2 Å². The van der Waals surface area contributed by atoms with Crippen molar-refractivity contribution in [3.8, 4) is 0 Å². The fourth-order valence-electron chi connectivity index (χ4n) is 2.49. The minimum Gasteiger partial charge on any atom is -0.353 e. The van der Waals surface area contributed by atoms with Crippen LogP contribution < -0.4 is 10.6 Å². The van der Waals surface area contributed by atoms with Crippen molar-refractivity contribution < 1.29 is 9.59 Å². The molecule has 0 aliphatic heterocycles. The molecule has 2 aromatic carbocycles. The van der Waals surface area contributed by atoms with Crippen LogP contribution in [0.1, 0.15) is 22.3 Å². The van der Waals surface area contributed by atoms with Crippen molar-refractivity contribution in [3.05, 3.63) is 64.1 Å². The van der Waals surface area contributed by atoms with Crippen LogP contribution in [0, 0.1) is 6.92 Å². The molecule has 4 nitrogen and oxygen atoms in total. The van der Waals surface area contributed by atoms with Crippen LogP contribution in [0.4, 0.5) is 0 Å². The highest BCUT2D eigenvalue weighted by Crippen LogP contribution is 2.18. The van der Waals surface area contributed by atoms with Crippen molar-refractivity contribution in [2.45, 2.75) is 24.3 Å². The minimum absolute atomic E-state index is 0.140. The first-order valence-electron chi connectivity index (χ1n) is 9.02. The molecule has 7 heteroatoms. The van der Waals surface area contributed by atoms with Gasteiger partial charge in [0.2, 0.25) is 5.91 Å². The monoisotopic (exact) mass is 480 g/mol. The van der Waals surface area contributed by atoms with E-state index in [2.05, 4.69) is 57.8 Å².